The lowest BCUT2D eigenvalue weighted by Crippen LogP contribution is -2.06. The molecule has 0 saturated carbocycles. The fourth-order valence-electron chi connectivity index (χ4n) is 7.39. The maximum Gasteiger partial charge on any atom is 0.238 e. The van der Waals surface area contributed by atoms with E-state index in [1.165, 1.54) is 16.3 Å². The van der Waals surface area contributed by atoms with Crippen LogP contribution in [0.4, 0.5) is 0 Å². The third-order valence-electron chi connectivity index (χ3n) is 9.80. The first-order valence-corrected chi connectivity index (χ1v) is 17.2. The molecule has 6 nitrogen and oxygen atoms in total. The number of hydrogen-bond donors (Lipinski definition) is 0. The van der Waals surface area contributed by atoms with Crippen LogP contribution >= 0.6 is 0 Å². The Kier molecular flexibility index (Phi) is 6.76. The molecule has 242 valence electrons. The molecule has 10 aromatic rings. The zero-order valence-corrected chi connectivity index (χ0v) is 27.8. The van der Waals surface area contributed by atoms with Gasteiger partial charge in [-0.1, -0.05) is 115 Å². The fourth-order valence-corrected chi connectivity index (χ4v) is 7.39. The highest BCUT2D eigenvalue weighted by atomic mass is 15.2. The van der Waals surface area contributed by atoms with Crippen molar-refractivity contribution in [2.24, 2.45) is 0 Å². The minimum absolute atomic E-state index is 0.491. The van der Waals surface area contributed by atoms with Gasteiger partial charge in [-0.2, -0.15) is 15.2 Å². The second-order valence-electron chi connectivity index (χ2n) is 12.8. The van der Waals surface area contributed by atoms with Crippen LogP contribution in [0.1, 0.15) is 5.56 Å². The van der Waals surface area contributed by atoms with Crippen molar-refractivity contribution in [3.8, 4) is 51.6 Å². The molecule has 0 fully saturated rings. The number of nitriles is 1. The minimum Gasteiger partial charge on any atom is -0.309 e. The molecule has 52 heavy (non-hydrogen) atoms. The predicted octanol–water partition coefficient (Wildman–Crippen LogP) is 10.9. The topological polar surface area (TPSA) is 72.3 Å². The number of nitrogens with zero attached hydrogens (tertiary/aromatic N) is 6. The SMILES string of the molecule is N#Cc1ccc2c3cc(-c4ccc5c(c4)c4ccccc4n5-c4ccccc4)ccc3n(-c3nc(-c4ccccc4)nc(-c4ccccc4)n3)c2c1. The lowest BCUT2D eigenvalue weighted by Gasteiger charge is -2.11. The Hall–Kier alpha value is -7.36. The highest BCUT2D eigenvalue weighted by Gasteiger charge is 2.20. The normalized spacial score (nSPS) is 11.4. The van der Waals surface area contributed by atoms with Crippen LogP contribution in [0, 0.1) is 11.3 Å². The van der Waals surface area contributed by atoms with E-state index in [1.807, 2.05) is 78.9 Å². The van der Waals surface area contributed by atoms with Crippen LogP contribution in [0.2, 0.25) is 0 Å². The van der Waals surface area contributed by atoms with Gasteiger partial charge in [-0.05, 0) is 65.7 Å². The van der Waals surface area contributed by atoms with E-state index in [9.17, 15) is 5.26 Å². The van der Waals surface area contributed by atoms with Gasteiger partial charge >= 0.3 is 0 Å². The standard InChI is InChI=1S/C46H28N6/c47-29-30-20-23-37-39-28-34(33-21-24-41-38(27-33)36-18-10-11-19-40(36)51(41)35-16-8-3-9-17-35)22-25-42(39)52(43(37)26-30)46-49-44(31-12-4-1-5-13-31)48-45(50-46)32-14-6-2-7-15-32/h1-28H. The molecule has 0 radical (unpaired) electrons. The van der Waals surface area contributed by atoms with Crippen molar-refractivity contribution in [2.75, 3.05) is 0 Å². The number of rotatable bonds is 5. The van der Waals surface area contributed by atoms with Gasteiger partial charge in [-0.25, -0.2) is 4.98 Å². The number of fused-ring (bicyclic) bond motifs is 6. The molecule has 0 bridgehead atoms. The third-order valence-corrected chi connectivity index (χ3v) is 9.80. The Morgan fingerprint density at radius 2 is 0.904 bits per heavy atom. The summed E-state index contributed by atoms with van der Waals surface area (Å²) < 4.78 is 4.40. The molecule has 0 atom stereocenters. The van der Waals surface area contributed by atoms with E-state index < -0.39 is 0 Å². The summed E-state index contributed by atoms with van der Waals surface area (Å²) in [6.45, 7) is 0. The molecular weight excluding hydrogens is 637 g/mol. The van der Waals surface area contributed by atoms with E-state index in [4.69, 9.17) is 15.0 Å². The van der Waals surface area contributed by atoms with Gasteiger partial charge in [-0.15, -0.1) is 0 Å². The van der Waals surface area contributed by atoms with Crippen molar-refractivity contribution in [1.82, 2.24) is 24.1 Å². The van der Waals surface area contributed by atoms with Gasteiger partial charge in [0.05, 0.1) is 33.7 Å². The lowest BCUT2D eigenvalue weighted by atomic mass is 10.0. The van der Waals surface area contributed by atoms with Crippen molar-refractivity contribution in [3.05, 3.63) is 175 Å². The Labute approximate surface area is 299 Å². The summed E-state index contributed by atoms with van der Waals surface area (Å²) in [4.78, 5) is 15.0. The second-order valence-corrected chi connectivity index (χ2v) is 12.8. The van der Waals surface area contributed by atoms with Gasteiger partial charge < -0.3 is 4.57 Å². The molecule has 3 aromatic heterocycles. The fraction of sp³-hybridized carbons (Fsp3) is 0. The van der Waals surface area contributed by atoms with Crippen LogP contribution in [0.5, 0.6) is 0 Å². The van der Waals surface area contributed by atoms with Gasteiger partial charge in [0.25, 0.3) is 0 Å². The first-order chi connectivity index (χ1) is 25.7. The number of para-hydroxylation sites is 2. The summed E-state index contributed by atoms with van der Waals surface area (Å²) >= 11 is 0. The maximum absolute atomic E-state index is 9.95. The summed E-state index contributed by atoms with van der Waals surface area (Å²) in [6, 6.07) is 60.5. The quantitative estimate of drug-likeness (QED) is 0.184. The van der Waals surface area contributed by atoms with E-state index in [2.05, 4.69) is 106 Å². The van der Waals surface area contributed by atoms with Crippen molar-refractivity contribution < 1.29 is 0 Å². The molecular formula is C46H28N6. The Balaban J connectivity index is 1.19. The van der Waals surface area contributed by atoms with Crippen molar-refractivity contribution >= 4 is 43.6 Å². The molecule has 0 aliphatic carbocycles. The van der Waals surface area contributed by atoms with Crippen LogP contribution in [-0.4, -0.2) is 24.1 Å². The Morgan fingerprint density at radius 3 is 1.52 bits per heavy atom. The highest BCUT2D eigenvalue weighted by Crippen LogP contribution is 2.38. The van der Waals surface area contributed by atoms with E-state index >= 15 is 0 Å². The Morgan fingerprint density at radius 1 is 0.385 bits per heavy atom. The zero-order valence-electron chi connectivity index (χ0n) is 27.8. The number of aromatic nitrogens is 5. The molecule has 0 saturated heterocycles. The number of hydrogen-bond acceptors (Lipinski definition) is 4. The smallest absolute Gasteiger partial charge is 0.238 e. The van der Waals surface area contributed by atoms with Crippen LogP contribution in [0.15, 0.2) is 170 Å². The van der Waals surface area contributed by atoms with Gasteiger partial charge in [0.2, 0.25) is 5.95 Å². The van der Waals surface area contributed by atoms with E-state index in [0.717, 1.165) is 55.3 Å². The largest absolute Gasteiger partial charge is 0.309 e. The minimum atomic E-state index is 0.491. The number of benzene rings is 7. The lowest BCUT2D eigenvalue weighted by molar-refractivity contribution is 0.953. The molecule has 0 unspecified atom stereocenters. The molecule has 0 N–H and O–H groups in total. The molecule has 3 heterocycles. The van der Waals surface area contributed by atoms with Crippen LogP contribution < -0.4 is 0 Å². The maximum atomic E-state index is 9.95. The van der Waals surface area contributed by atoms with Crippen LogP contribution in [0.3, 0.4) is 0 Å². The second kappa shape index (κ2) is 11.9. The van der Waals surface area contributed by atoms with Gasteiger partial charge in [0, 0.05) is 38.4 Å². The van der Waals surface area contributed by atoms with E-state index in [-0.39, 0.29) is 0 Å². The molecule has 0 aliphatic heterocycles. The average Bonchev–Trinajstić information content (AvgIpc) is 3.73. The van der Waals surface area contributed by atoms with Crippen molar-refractivity contribution in [3.63, 3.8) is 0 Å². The van der Waals surface area contributed by atoms with Crippen molar-refractivity contribution in [2.45, 2.75) is 0 Å². The average molecular weight is 665 g/mol. The summed E-state index contributed by atoms with van der Waals surface area (Å²) in [6.07, 6.45) is 0. The van der Waals surface area contributed by atoms with E-state index in [1.54, 1.807) is 0 Å². The predicted molar refractivity (Wildman–Crippen MR) is 210 cm³/mol. The first kappa shape index (κ1) is 29.5. The van der Waals surface area contributed by atoms with Crippen LogP contribution in [0.25, 0.3) is 89.2 Å². The summed E-state index contributed by atoms with van der Waals surface area (Å²) in [5.41, 5.74) is 9.86. The van der Waals surface area contributed by atoms with Gasteiger partial charge in [0.15, 0.2) is 11.6 Å². The van der Waals surface area contributed by atoms with Gasteiger partial charge in [-0.3, -0.25) is 4.57 Å². The van der Waals surface area contributed by atoms with E-state index in [0.29, 0.717) is 23.2 Å². The molecule has 0 spiro atoms. The summed E-state index contributed by atoms with van der Waals surface area (Å²) in [5, 5.41) is 14.4. The monoisotopic (exact) mass is 664 g/mol. The molecule has 7 aromatic carbocycles. The summed E-state index contributed by atoms with van der Waals surface area (Å²) in [7, 11) is 0. The zero-order chi connectivity index (χ0) is 34.6. The Bertz CT molecular complexity index is 2950. The molecule has 0 aliphatic rings. The summed E-state index contributed by atoms with van der Waals surface area (Å²) in [5.74, 6) is 1.65. The third kappa shape index (κ3) is 4.76. The van der Waals surface area contributed by atoms with Gasteiger partial charge in [0.1, 0.15) is 0 Å². The molecule has 6 heteroatoms. The highest BCUT2D eigenvalue weighted by molar-refractivity contribution is 6.12. The van der Waals surface area contributed by atoms with Crippen molar-refractivity contribution in [1.29, 1.82) is 5.26 Å². The first-order valence-electron chi connectivity index (χ1n) is 17.2. The molecule has 10 rings (SSSR count). The molecule has 0 amide bonds. The van der Waals surface area contributed by atoms with Crippen LogP contribution in [-0.2, 0) is 0 Å².